The molecule has 0 radical (unpaired) electrons. The number of unbranched alkanes of at least 4 members (excludes halogenated alkanes) is 1. The van der Waals surface area contributed by atoms with Crippen LogP contribution in [0.1, 0.15) is 47.4 Å². The maximum atomic E-state index is 13.6. The van der Waals surface area contributed by atoms with E-state index in [2.05, 4.69) is 14.1 Å². The fraction of sp³-hybridized carbons (Fsp3) is 0.517. The fourth-order valence-electron chi connectivity index (χ4n) is 6.48. The van der Waals surface area contributed by atoms with Crippen LogP contribution in [0, 0.1) is 11.8 Å². The van der Waals surface area contributed by atoms with Gasteiger partial charge in [-0.25, -0.2) is 4.79 Å². The zero-order valence-electron chi connectivity index (χ0n) is 21.8. The van der Waals surface area contributed by atoms with E-state index in [1.807, 2.05) is 47.3 Å². The van der Waals surface area contributed by atoms with Gasteiger partial charge in [0.05, 0.1) is 36.4 Å². The number of ether oxygens (including phenoxy) is 1. The van der Waals surface area contributed by atoms with Gasteiger partial charge in [-0.15, -0.1) is 22.7 Å². The first kappa shape index (κ1) is 26.4. The highest BCUT2D eigenvalue weighted by Gasteiger charge is 2.57. The van der Waals surface area contributed by atoms with Gasteiger partial charge in [0.15, 0.2) is 0 Å². The summed E-state index contributed by atoms with van der Waals surface area (Å²) in [5.41, 5.74) is -0.603. The lowest BCUT2D eigenvalue weighted by atomic mass is 9.92. The Morgan fingerprint density at radius 2 is 1.84 bits per heavy atom. The maximum Gasteiger partial charge on any atom is 0.349 e. The van der Waals surface area contributed by atoms with Gasteiger partial charge in [0.2, 0.25) is 5.60 Å². The predicted octanol–water partition coefficient (Wildman–Crippen LogP) is 4.55. The number of nitrogens with zero attached hydrogens (tertiary/aromatic N) is 2. The molecule has 2 fully saturated rings. The number of carbonyl (C=O) groups is 1. The Hall–Kier alpha value is -2.26. The Labute approximate surface area is 226 Å². The minimum atomic E-state index is -1.75. The third kappa shape index (κ3) is 5.09. The molecule has 3 aromatic rings. The van der Waals surface area contributed by atoms with Crippen LogP contribution in [-0.2, 0) is 28.6 Å². The molecule has 5 rings (SSSR count). The number of quaternary nitrogens is 1. The van der Waals surface area contributed by atoms with Crippen LogP contribution in [0.15, 0.2) is 58.1 Å². The Morgan fingerprint density at radius 3 is 2.46 bits per heavy atom. The molecule has 198 valence electrons. The van der Waals surface area contributed by atoms with Gasteiger partial charge < -0.3 is 18.9 Å². The second kappa shape index (κ2) is 10.5. The molecule has 0 saturated heterocycles. The number of carbonyl (C=O) groups excluding carboxylic acids is 1. The Balaban J connectivity index is 1.22. The van der Waals surface area contributed by atoms with Crippen LogP contribution in [0.25, 0.3) is 0 Å². The van der Waals surface area contributed by atoms with E-state index in [-0.39, 0.29) is 11.7 Å². The molecule has 37 heavy (non-hydrogen) atoms. The van der Waals surface area contributed by atoms with Gasteiger partial charge in [-0.2, -0.15) is 0 Å². The van der Waals surface area contributed by atoms with Gasteiger partial charge in [-0.3, -0.25) is 4.79 Å². The van der Waals surface area contributed by atoms with Crippen molar-refractivity contribution in [1.82, 2.24) is 4.57 Å². The number of thiophene rings is 2. The molecule has 4 unspecified atom stereocenters. The zero-order chi connectivity index (χ0) is 26.2. The van der Waals surface area contributed by atoms with Gasteiger partial charge in [0.25, 0.3) is 5.56 Å². The first-order chi connectivity index (χ1) is 17.7. The largest absolute Gasteiger partial charge is 0.459 e. The van der Waals surface area contributed by atoms with Crippen LogP contribution < -0.4 is 5.56 Å². The first-order valence-corrected chi connectivity index (χ1v) is 15.0. The zero-order valence-corrected chi connectivity index (χ0v) is 23.5. The molecule has 3 heterocycles. The number of hydrogen-bond acceptors (Lipinski definition) is 6. The monoisotopic (exact) mass is 541 g/mol. The van der Waals surface area contributed by atoms with Gasteiger partial charge in [-0.1, -0.05) is 12.1 Å². The van der Waals surface area contributed by atoms with Crippen LogP contribution in [0.4, 0.5) is 0 Å². The summed E-state index contributed by atoms with van der Waals surface area (Å²) in [4.78, 5) is 26.7. The Morgan fingerprint density at radius 1 is 1.14 bits per heavy atom. The number of hydrogen-bond donors (Lipinski definition) is 1. The molecule has 2 aliphatic rings. The standard InChI is InChI=1S/C29H37N2O4S2/c1-30-14-13-20(18-26(30)32)8-4-5-15-31(2,3)23-19-21-11-12-22(23)27(21)35-28(33)29(34,24-9-6-16-36-24)25-10-7-17-37-25/h6-7,9-10,13-14,16-18,21-23,27,34H,4-5,8,11-12,15,19H2,1-3H3/q+1. The molecule has 6 nitrogen and oxygen atoms in total. The lowest BCUT2D eigenvalue weighted by Crippen LogP contribution is -2.52. The summed E-state index contributed by atoms with van der Waals surface area (Å²) in [6, 6.07) is 11.6. The SMILES string of the molecule is Cn1ccc(CCCC[N+](C)(C)C2CC3CCC2C3OC(=O)C(O)(c2cccs2)c2cccs2)cc1=O. The minimum absolute atomic E-state index is 0.0428. The highest BCUT2D eigenvalue weighted by atomic mass is 32.1. The summed E-state index contributed by atoms with van der Waals surface area (Å²) in [5.74, 6) is 0.129. The molecule has 0 spiro atoms. The number of esters is 1. The molecular weight excluding hydrogens is 504 g/mol. The highest BCUT2D eigenvalue weighted by Crippen LogP contribution is 2.50. The van der Waals surface area contributed by atoms with Crippen molar-refractivity contribution in [1.29, 1.82) is 0 Å². The maximum absolute atomic E-state index is 13.6. The lowest BCUT2D eigenvalue weighted by molar-refractivity contribution is -0.918. The molecule has 1 N–H and O–H groups in total. The molecule has 8 heteroatoms. The van der Waals surface area contributed by atoms with Gasteiger partial charge in [0.1, 0.15) is 6.10 Å². The van der Waals surface area contributed by atoms with Crippen molar-refractivity contribution in [3.8, 4) is 0 Å². The predicted molar refractivity (Wildman–Crippen MR) is 148 cm³/mol. The molecule has 4 atom stereocenters. The summed E-state index contributed by atoms with van der Waals surface area (Å²) in [6.45, 7) is 1.05. The summed E-state index contributed by atoms with van der Waals surface area (Å²) >= 11 is 2.76. The number of aliphatic hydroxyl groups is 1. The van der Waals surface area contributed by atoms with Crippen molar-refractivity contribution in [2.75, 3.05) is 20.6 Å². The smallest absolute Gasteiger partial charge is 0.349 e. The summed E-state index contributed by atoms with van der Waals surface area (Å²) < 4.78 is 8.73. The van der Waals surface area contributed by atoms with E-state index in [9.17, 15) is 14.7 Å². The molecule has 0 amide bonds. The van der Waals surface area contributed by atoms with E-state index >= 15 is 0 Å². The van der Waals surface area contributed by atoms with Crippen LogP contribution in [0.2, 0.25) is 0 Å². The van der Waals surface area contributed by atoms with Crippen LogP contribution in [-0.4, -0.2) is 52.9 Å². The van der Waals surface area contributed by atoms with E-state index in [0.717, 1.165) is 55.1 Å². The van der Waals surface area contributed by atoms with Crippen LogP contribution in [0.5, 0.6) is 0 Å². The molecule has 0 aliphatic heterocycles. The van der Waals surface area contributed by atoms with Gasteiger partial charge in [-0.05, 0) is 66.6 Å². The molecule has 2 aliphatic carbocycles. The van der Waals surface area contributed by atoms with Crippen molar-refractivity contribution in [2.24, 2.45) is 18.9 Å². The third-order valence-electron chi connectivity index (χ3n) is 8.61. The molecule has 0 aromatic carbocycles. The van der Waals surface area contributed by atoms with E-state index in [1.54, 1.807) is 17.7 Å². The average Bonchev–Trinajstić information content (AvgIpc) is 3.69. The number of rotatable bonds is 10. The van der Waals surface area contributed by atoms with E-state index in [4.69, 9.17) is 4.74 Å². The molecule has 3 aromatic heterocycles. The van der Waals surface area contributed by atoms with Crippen LogP contribution in [0.3, 0.4) is 0 Å². The summed E-state index contributed by atoms with van der Waals surface area (Å²) in [7, 11) is 6.38. The van der Waals surface area contributed by atoms with Crippen molar-refractivity contribution >= 4 is 28.6 Å². The van der Waals surface area contributed by atoms with Gasteiger partial charge >= 0.3 is 5.97 Å². The number of aromatic nitrogens is 1. The van der Waals surface area contributed by atoms with E-state index < -0.39 is 11.6 Å². The normalized spacial score (nSPS) is 23.5. The van der Waals surface area contributed by atoms with Crippen LogP contribution >= 0.6 is 22.7 Å². The fourth-order valence-corrected chi connectivity index (χ4v) is 8.19. The topological polar surface area (TPSA) is 68.5 Å². The summed E-state index contributed by atoms with van der Waals surface area (Å²) in [6.07, 6.45) is 7.95. The van der Waals surface area contributed by atoms with Crippen molar-refractivity contribution in [3.05, 3.63) is 79.0 Å². The highest BCUT2D eigenvalue weighted by molar-refractivity contribution is 7.12. The Bertz CT molecular complexity index is 1230. The second-order valence-electron chi connectivity index (χ2n) is 11.3. The lowest BCUT2D eigenvalue weighted by Gasteiger charge is -2.40. The number of pyridine rings is 1. The van der Waals surface area contributed by atoms with E-state index in [0.29, 0.717) is 27.6 Å². The molecular formula is C29H37N2O4S2+. The number of fused-ring (bicyclic) bond motifs is 2. The quantitative estimate of drug-likeness (QED) is 0.232. The number of aryl methyl sites for hydroxylation is 2. The third-order valence-corrected chi connectivity index (χ3v) is 10.6. The second-order valence-corrected chi connectivity index (χ2v) is 13.2. The van der Waals surface area contributed by atoms with Crippen molar-refractivity contribution in [3.63, 3.8) is 0 Å². The van der Waals surface area contributed by atoms with E-state index in [1.165, 1.54) is 22.7 Å². The Kier molecular flexibility index (Phi) is 7.47. The molecule has 2 saturated carbocycles. The van der Waals surface area contributed by atoms with Crippen molar-refractivity contribution < 1.29 is 19.1 Å². The first-order valence-electron chi connectivity index (χ1n) is 13.2. The summed E-state index contributed by atoms with van der Waals surface area (Å²) in [5, 5.41) is 15.4. The van der Waals surface area contributed by atoms with Gasteiger partial charge in [0, 0.05) is 37.6 Å². The minimum Gasteiger partial charge on any atom is -0.459 e. The van der Waals surface area contributed by atoms with Crippen molar-refractivity contribution in [2.45, 2.75) is 56.3 Å². The average molecular weight is 542 g/mol. The molecule has 2 bridgehead atoms.